The number of aliphatic carboxylic acids is 1. The van der Waals surface area contributed by atoms with Crippen molar-refractivity contribution in [1.82, 2.24) is 10.1 Å². The molecule has 50 heavy (non-hydrogen) atoms. The first-order valence-corrected chi connectivity index (χ1v) is 18.9. The molecular formula is C42H64N2O6. The highest BCUT2D eigenvalue weighted by atomic mass is 16.7. The molecule has 0 saturated carbocycles. The number of carbonyl (C=O) groups excluding carboxylic acids is 1. The largest absolute Gasteiger partial charge is 0.481 e. The van der Waals surface area contributed by atoms with Crippen LogP contribution in [0.2, 0.25) is 0 Å². The van der Waals surface area contributed by atoms with Crippen molar-refractivity contribution in [2.24, 2.45) is 11.8 Å². The number of carboxylic acids is 1. The number of piperidine rings is 2. The fourth-order valence-electron chi connectivity index (χ4n) is 8.97. The lowest BCUT2D eigenvalue weighted by atomic mass is 9.69. The summed E-state index contributed by atoms with van der Waals surface area (Å²) in [4.78, 5) is 38.3. The number of esters is 1. The number of nitrogens with zero attached hydrogens (tertiary/aromatic N) is 2. The summed E-state index contributed by atoms with van der Waals surface area (Å²) in [6, 6.07) is 20.5. The molecule has 0 radical (unpaired) electrons. The van der Waals surface area contributed by atoms with Crippen molar-refractivity contribution in [3.05, 3.63) is 71.8 Å². The molecule has 0 aromatic heterocycles. The number of hydrogen-bond acceptors (Lipinski definition) is 7. The van der Waals surface area contributed by atoms with Crippen molar-refractivity contribution < 1.29 is 29.1 Å². The highest BCUT2D eigenvalue weighted by Crippen LogP contribution is 2.47. The predicted molar refractivity (Wildman–Crippen MR) is 198 cm³/mol. The third-order valence-corrected chi connectivity index (χ3v) is 10.6. The van der Waals surface area contributed by atoms with Crippen molar-refractivity contribution >= 4 is 11.9 Å². The summed E-state index contributed by atoms with van der Waals surface area (Å²) in [6.45, 7) is 18.6. The molecule has 1 unspecified atom stereocenters. The van der Waals surface area contributed by atoms with E-state index in [1.54, 1.807) is 0 Å². The van der Waals surface area contributed by atoms with Crippen molar-refractivity contribution in [1.29, 1.82) is 0 Å². The molecule has 0 spiro atoms. The molecule has 0 aliphatic carbocycles. The van der Waals surface area contributed by atoms with Gasteiger partial charge in [0, 0.05) is 41.4 Å². The molecule has 2 aromatic rings. The van der Waals surface area contributed by atoms with Crippen molar-refractivity contribution in [2.75, 3.05) is 0 Å². The Bertz CT molecular complexity index is 1320. The highest BCUT2D eigenvalue weighted by molar-refractivity contribution is 5.73. The number of carbonyl (C=O) groups is 2. The van der Waals surface area contributed by atoms with Gasteiger partial charge in [0.05, 0.1) is 19.1 Å². The summed E-state index contributed by atoms with van der Waals surface area (Å²) in [5.74, 6) is -0.896. The van der Waals surface area contributed by atoms with Gasteiger partial charge < -0.3 is 9.84 Å². The fraction of sp³-hybridized carbons (Fsp3) is 0.667. The van der Waals surface area contributed by atoms with E-state index in [1.165, 1.54) is 0 Å². The molecule has 1 N–H and O–H groups in total. The van der Waals surface area contributed by atoms with Gasteiger partial charge in [0.25, 0.3) is 0 Å². The monoisotopic (exact) mass is 692 g/mol. The number of carboxylic acid groups (broad SMARTS) is 1. The van der Waals surface area contributed by atoms with E-state index in [0.29, 0.717) is 32.5 Å². The molecule has 2 heterocycles. The first kappa shape index (κ1) is 40.0. The molecule has 0 amide bonds. The molecule has 2 saturated heterocycles. The average molecular weight is 693 g/mol. The molecule has 2 aromatic carbocycles. The summed E-state index contributed by atoms with van der Waals surface area (Å²) in [7, 11) is 0. The van der Waals surface area contributed by atoms with Crippen LogP contribution in [0, 0.1) is 11.8 Å². The Morgan fingerprint density at radius 1 is 0.660 bits per heavy atom. The topological polar surface area (TPSA) is 88.5 Å². The van der Waals surface area contributed by atoms with Crippen LogP contribution >= 0.6 is 0 Å². The molecule has 2 fully saturated rings. The van der Waals surface area contributed by atoms with Gasteiger partial charge in [-0.1, -0.05) is 86.3 Å². The first-order valence-electron chi connectivity index (χ1n) is 18.9. The third-order valence-electron chi connectivity index (χ3n) is 10.6. The molecule has 2 aliphatic rings. The van der Waals surface area contributed by atoms with E-state index >= 15 is 0 Å². The minimum atomic E-state index is -0.739. The van der Waals surface area contributed by atoms with Gasteiger partial charge in [-0.05, 0) is 98.1 Å². The average Bonchev–Trinajstić information content (AvgIpc) is 3.01. The molecule has 8 heteroatoms. The molecular weight excluding hydrogens is 628 g/mol. The maximum atomic E-state index is 14.4. The van der Waals surface area contributed by atoms with Gasteiger partial charge in [-0.2, -0.15) is 10.1 Å². The van der Waals surface area contributed by atoms with Crippen LogP contribution in [-0.2, 0) is 37.2 Å². The van der Waals surface area contributed by atoms with Gasteiger partial charge in [-0.15, -0.1) is 0 Å². The molecule has 0 bridgehead atoms. The lowest BCUT2D eigenvalue weighted by molar-refractivity contribution is -0.301. The molecule has 8 nitrogen and oxygen atoms in total. The Hall–Kier alpha value is -2.78. The lowest BCUT2D eigenvalue weighted by Crippen LogP contribution is -2.62. The first-order chi connectivity index (χ1) is 23.5. The molecule has 1 atom stereocenters. The van der Waals surface area contributed by atoms with Crippen LogP contribution in [-0.4, -0.2) is 55.4 Å². The quantitative estimate of drug-likeness (QED) is 0.130. The second-order valence-electron chi connectivity index (χ2n) is 17.3. The zero-order chi connectivity index (χ0) is 36.6. The van der Waals surface area contributed by atoms with Crippen molar-refractivity contribution in [3.8, 4) is 0 Å². The number of hydrogen-bond donors (Lipinski definition) is 1. The van der Waals surface area contributed by atoms with E-state index in [4.69, 9.17) is 19.5 Å². The number of unbranched alkanes of at least 4 members (excludes halogenated alkanes) is 4. The minimum absolute atomic E-state index is 0.0821. The van der Waals surface area contributed by atoms with Crippen LogP contribution in [0.25, 0.3) is 0 Å². The van der Waals surface area contributed by atoms with Crippen LogP contribution in [0.3, 0.4) is 0 Å². The minimum Gasteiger partial charge on any atom is -0.481 e. The van der Waals surface area contributed by atoms with Crippen LogP contribution in [0.4, 0.5) is 0 Å². The van der Waals surface area contributed by atoms with E-state index in [0.717, 1.165) is 56.1 Å². The Morgan fingerprint density at radius 2 is 1.08 bits per heavy atom. The second-order valence-corrected chi connectivity index (χ2v) is 17.3. The lowest BCUT2D eigenvalue weighted by Gasteiger charge is -2.55. The normalized spacial score (nSPS) is 21.4. The molecule has 2 aliphatic heterocycles. The third kappa shape index (κ3) is 11.1. The summed E-state index contributed by atoms with van der Waals surface area (Å²) in [5.41, 5.74) is 1.01. The van der Waals surface area contributed by atoms with Crippen LogP contribution in [0.5, 0.6) is 0 Å². The molecule has 4 rings (SSSR count). The maximum absolute atomic E-state index is 14.4. The van der Waals surface area contributed by atoms with Gasteiger partial charge in [-0.3, -0.25) is 19.3 Å². The van der Waals surface area contributed by atoms with Gasteiger partial charge >= 0.3 is 11.9 Å². The standard InChI is InChI=1S/C42H64N2O6/c1-39(2)26-34(27-40(3,4)43(39)48-30-32-20-14-12-15-21-32)36(24-18-10-9-11-19-25-37(45)46)38(47)50-35-28-41(5,6)44(42(7,8)29-35)49-31-33-22-16-13-17-23-33/h12-17,20-23,34-36H,9-11,18-19,24-31H2,1-8H3,(H,45,46). The smallest absolute Gasteiger partial charge is 0.309 e. The predicted octanol–water partition coefficient (Wildman–Crippen LogP) is 9.52. The Morgan fingerprint density at radius 3 is 1.54 bits per heavy atom. The van der Waals surface area contributed by atoms with Gasteiger partial charge in [0.15, 0.2) is 0 Å². The number of hydroxylamine groups is 4. The van der Waals surface area contributed by atoms with Gasteiger partial charge in [-0.25, -0.2) is 0 Å². The van der Waals surface area contributed by atoms with Crippen molar-refractivity contribution in [3.63, 3.8) is 0 Å². The van der Waals surface area contributed by atoms with Crippen LogP contribution < -0.4 is 0 Å². The van der Waals surface area contributed by atoms with Crippen LogP contribution in [0.15, 0.2) is 60.7 Å². The zero-order valence-electron chi connectivity index (χ0n) is 32.1. The fourth-order valence-corrected chi connectivity index (χ4v) is 8.97. The van der Waals surface area contributed by atoms with E-state index in [1.807, 2.05) is 36.4 Å². The van der Waals surface area contributed by atoms with E-state index in [9.17, 15) is 9.59 Å². The maximum Gasteiger partial charge on any atom is 0.309 e. The Labute approximate surface area is 301 Å². The summed E-state index contributed by atoms with van der Waals surface area (Å²) >= 11 is 0. The van der Waals surface area contributed by atoms with Gasteiger partial charge in [0.2, 0.25) is 0 Å². The number of ether oxygens (including phenoxy) is 1. The van der Waals surface area contributed by atoms with Crippen LogP contribution in [0.1, 0.15) is 137 Å². The SMILES string of the molecule is CC1(C)CC(OC(=O)C(CCCCCCCC(=O)O)C2CC(C)(C)N(OCc3ccccc3)C(C)(C)C2)CC(C)(C)N1OCc1ccccc1. The number of benzene rings is 2. The Kier molecular flexibility index (Phi) is 13.7. The molecule has 278 valence electrons. The van der Waals surface area contributed by atoms with Crippen molar-refractivity contribution in [2.45, 2.75) is 167 Å². The van der Waals surface area contributed by atoms with Gasteiger partial charge in [0.1, 0.15) is 6.10 Å². The summed E-state index contributed by atoms with van der Waals surface area (Å²) in [5, 5.41) is 13.3. The Balaban J connectivity index is 1.45. The van der Waals surface area contributed by atoms with E-state index in [2.05, 4.69) is 89.8 Å². The van der Waals surface area contributed by atoms with E-state index < -0.39 is 5.97 Å². The summed E-state index contributed by atoms with van der Waals surface area (Å²) < 4.78 is 6.55. The highest BCUT2D eigenvalue weighted by Gasteiger charge is 2.51. The zero-order valence-corrected chi connectivity index (χ0v) is 32.1. The second kappa shape index (κ2) is 17.2. The summed E-state index contributed by atoms with van der Waals surface area (Å²) in [6.07, 6.45) is 8.27. The van der Waals surface area contributed by atoms with E-state index in [-0.39, 0.29) is 52.5 Å². The number of rotatable bonds is 17.